The van der Waals surface area contributed by atoms with Crippen LogP contribution < -0.4 is 11.4 Å². The van der Waals surface area contributed by atoms with Crippen LogP contribution in [0.25, 0.3) is 0 Å². The van der Waals surface area contributed by atoms with Crippen molar-refractivity contribution in [2.24, 2.45) is 7.05 Å². The molecule has 2 rings (SSSR count). The molecule has 0 radical (unpaired) electrons. The first-order valence-electron chi connectivity index (χ1n) is 6.71. The molecule has 0 saturated heterocycles. The maximum absolute atomic E-state index is 12.7. The molecule has 0 N–H and O–H groups in total. The van der Waals surface area contributed by atoms with Gasteiger partial charge in [0.1, 0.15) is 0 Å². The Balaban J connectivity index is 2.74. The summed E-state index contributed by atoms with van der Waals surface area (Å²) in [5.74, 6) is 0. The molecule has 0 saturated carbocycles. The second kappa shape index (κ2) is 5.44. The van der Waals surface area contributed by atoms with Crippen molar-refractivity contribution in [3.8, 4) is 0 Å². The molecule has 0 fully saturated rings. The van der Waals surface area contributed by atoms with Crippen molar-refractivity contribution < 1.29 is 0 Å². The van der Waals surface area contributed by atoms with Gasteiger partial charge in [0.15, 0.2) is 4.77 Å². The van der Waals surface area contributed by atoms with E-state index in [4.69, 9.17) is 12.2 Å². The summed E-state index contributed by atoms with van der Waals surface area (Å²) in [6, 6.07) is 9.57. The maximum atomic E-state index is 12.7. The molecule has 1 aromatic carbocycles. The lowest BCUT2D eigenvalue weighted by atomic mass is 10.1. The molecule has 1 heterocycles. The van der Waals surface area contributed by atoms with Crippen molar-refractivity contribution >= 4 is 12.2 Å². The Morgan fingerprint density at radius 2 is 1.62 bits per heavy atom. The predicted octanol–water partition coefficient (Wildman–Crippen LogP) is 1.88. The third-order valence-electron chi connectivity index (χ3n) is 3.27. The Kier molecular flexibility index (Phi) is 4.00. The minimum Gasteiger partial charge on any atom is -0.273 e. The summed E-state index contributed by atoms with van der Waals surface area (Å²) in [7, 11) is 1.59. The minimum atomic E-state index is -0.604. The van der Waals surface area contributed by atoms with Crippen LogP contribution in [0, 0.1) is 4.77 Å². The first-order chi connectivity index (χ1) is 9.73. The van der Waals surface area contributed by atoms with Crippen LogP contribution in [-0.2, 0) is 19.1 Å². The summed E-state index contributed by atoms with van der Waals surface area (Å²) in [6.07, 6.45) is 0. The first-order valence-corrected chi connectivity index (χ1v) is 7.11. The number of benzene rings is 1. The highest BCUT2D eigenvalue weighted by Gasteiger charge is 2.21. The summed E-state index contributed by atoms with van der Waals surface area (Å²) in [5, 5.41) is 0. The van der Waals surface area contributed by atoms with Crippen LogP contribution in [0.2, 0.25) is 0 Å². The van der Waals surface area contributed by atoms with Crippen molar-refractivity contribution in [2.75, 3.05) is 0 Å². The van der Waals surface area contributed by atoms with Gasteiger partial charge in [-0.15, -0.1) is 0 Å². The molecule has 0 atom stereocenters. The molecule has 0 aliphatic heterocycles. The van der Waals surface area contributed by atoms with E-state index in [1.54, 1.807) is 7.05 Å². The highest BCUT2D eigenvalue weighted by Crippen LogP contribution is 2.08. The van der Waals surface area contributed by atoms with E-state index < -0.39 is 5.54 Å². The molecule has 0 bridgehead atoms. The summed E-state index contributed by atoms with van der Waals surface area (Å²) in [6.45, 7) is 5.83. The average molecular weight is 305 g/mol. The van der Waals surface area contributed by atoms with E-state index in [1.807, 2.05) is 51.1 Å². The number of nitrogens with zero attached hydrogens (tertiary/aromatic N) is 3. The highest BCUT2D eigenvalue weighted by molar-refractivity contribution is 7.71. The maximum Gasteiger partial charge on any atom is 0.335 e. The second-order valence-corrected chi connectivity index (χ2v) is 6.35. The van der Waals surface area contributed by atoms with E-state index in [0.717, 1.165) is 5.56 Å². The van der Waals surface area contributed by atoms with Crippen molar-refractivity contribution in [3.63, 3.8) is 0 Å². The van der Waals surface area contributed by atoms with Crippen LogP contribution >= 0.6 is 12.2 Å². The fourth-order valence-electron chi connectivity index (χ4n) is 2.17. The van der Waals surface area contributed by atoms with Crippen LogP contribution in [0.1, 0.15) is 26.3 Å². The van der Waals surface area contributed by atoms with Gasteiger partial charge in [0, 0.05) is 12.6 Å². The Morgan fingerprint density at radius 3 is 2.14 bits per heavy atom. The van der Waals surface area contributed by atoms with Crippen molar-refractivity contribution in [1.29, 1.82) is 0 Å². The molecule has 0 amide bonds. The van der Waals surface area contributed by atoms with E-state index in [9.17, 15) is 9.59 Å². The number of rotatable bonds is 2. The third-order valence-corrected chi connectivity index (χ3v) is 3.77. The molecule has 112 valence electrons. The lowest BCUT2D eigenvalue weighted by molar-refractivity contribution is 0.332. The zero-order valence-corrected chi connectivity index (χ0v) is 13.5. The van der Waals surface area contributed by atoms with Crippen LogP contribution in [0.3, 0.4) is 0 Å². The Hall–Kier alpha value is -1.95. The van der Waals surface area contributed by atoms with Gasteiger partial charge in [-0.05, 0) is 38.6 Å². The third kappa shape index (κ3) is 2.90. The lowest BCUT2D eigenvalue weighted by Crippen LogP contribution is -2.51. The van der Waals surface area contributed by atoms with Crippen LogP contribution in [0.15, 0.2) is 39.9 Å². The largest absolute Gasteiger partial charge is 0.335 e. The molecule has 21 heavy (non-hydrogen) atoms. The molecule has 0 unspecified atom stereocenters. The van der Waals surface area contributed by atoms with Crippen molar-refractivity contribution in [2.45, 2.75) is 32.9 Å². The van der Waals surface area contributed by atoms with Crippen molar-refractivity contribution in [3.05, 3.63) is 61.6 Å². The monoisotopic (exact) mass is 305 g/mol. The van der Waals surface area contributed by atoms with Gasteiger partial charge < -0.3 is 0 Å². The average Bonchev–Trinajstić information content (AvgIpc) is 2.41. The van der Waals surface area contributed by atoms with Crippen LogP contribution in [0.4, 0.5) is 0 Å². The fourth-order valence-corrected chi connectivity index (χ4v) is 2.39. The van der Waals surface area contributed by atoms with Gasteiger partial charge in [0.2, 0.25) is 0 Å². The van der Waals surface area contributed by atoms with Crippen molar-refractivity contribution in [1.82, 2.24) is 13.7 Å². The SMILES string of the molecule is Cn1c(=S)n(Cc2ccccc2)c(=O)n(C(C)(C)C)c1=O. The lowest BCUT2D eigenvalue weighted by Gasteiger charge is -2.23. The Bertz CT molecular complexity index is 823. The van der Waals surface area contributed by atoms with Gasteiger partial charge in [-0.1, -0.05) is 30.3 Å². The number of aromatic nitrogens is 3. The van der Waals surface area contributed by atoms with E-state index >= 15 is 0 Å². The summed E-state index contributed by atoms with van der Waals surface area (Å²) >= 11 is 5.26. The Morgan fingerprint density at radius 1 is 1.05 bits per heavy atom. The zero-order valence-electron chi connectivity index (χ0n) is 12.7. The molecular formula is C15H19N3O2S. The summed E-state index contributed by atoms with van der Waals surface area (Å²) in [5.41, 5.74) is -0.404. The van der Waals surface area contributed by atoms with Gasteiger partial charge in [-0.2, -0.15) is 0 Å². The van der Waals surface area contributed by atoms with E-state index in [1.165, 1.54) is 13.7 Å². The molecule has 0 spiro atoms. The zero-order chi connectivity index (χ0) is 15.8. The van der Waals surface area contributed by atoms with Crippen LogP contribution in [-0.4, -0.2) is 13.7 Å². The highest BCUT2D eigenvalue weighted by atomic mass is 32.1. The second-order valence-electron chi connectivity index (χ2n) is 5.98. The van der Waals surface area contributed by atoms with Gasteiger partial charge in [0.25, 0.3) is 0 Å². The molecule has 5 nitrogen and oxygen atoms in total. The molecule has 1 aromatic heterocycles. The molecule has 0 aliphatic rings. The first kappa shape index (κ1) is 15.4. The van der Waals surface area contributed by atoms with E-state index in [0.29, 0.717) is 6.54 Å². The predicted molar refractivity (Wildman–Crippen MR) is 85.3 cm³/mol. The van der Waals surface area contributed by atoms with Gasteiger partial charge in [-0.3, -0.25) is 9.13 Å². The van der Waals surface area contributed by atoms with Gasteiger partial charge in [0.05, 0.1) is 6.54 Å². The quantitative estimate of drug-likeness (QED) is 0.796. The smallest absolute Gasteiger partial charge is 0.273 e. The normalized spacial score (nSPS) is 11.6. The summed E-state index contributed by atoms with van der Waals surface area (Å²) in [4.78, 5) is 25.0. The molecule has 2 aromatic rings. The standard InChI is InChI=1S/C15H19N3O2S/c1-15(2,3)18-12(19)16(4)14(21)17(13(18)20)10-11-8-6-5-7-9-11/h5-9H,10H2,1-4H3. The topological polar surface area (TPSA) is 48.9 Å². The van der Waals surface area contributed by atoms with E-state index in [-0.39, 0.29) is 16.2 Å². The van der Waals surface area contributed by atoms with Gasteiger partial charge in [-0.25, -0.2) is 14.2 Å². The molecule has 6 heteroatoms. The van der Waals surface area contributed by atoms with Crippen LogP contribution in [0.5, 0.6) is 0 Å². The molecule has 0 aliphatic carbocycles. The Labute approximate surface area is 128 Å². The molecular weight excluding hydrogens is 286 g/mol. The van der Waals surface area contributed by atoms with Gasteiger partial charge >= 0.3 is 11.4 Å². The van der Waals surface area contributed by atoms with E-state index in [2.05, 4.69) is 0 Å². The number of hydrogen-bond acceptors (Lipinski definition) is 3. The summed E-state index contributed by atoms with van der Waals surface area (Å²) < 4.78 is 4.27. The minimum absolute atomic E-state index is 0.231. The number of hydrogen-bond donors (Lipinski definition) is 0. The fraction of sp³-hybridized carbons (Fsp3) is 0.400.